The van der Waals surface area contributed by atoms with Gasteiger partial charge in [0.05, 0.1) is 5.02 Å². The lowest BCUT2D eigenvalue weighted by Crippen LogP contribution is -2.44. The Morgan fingerprint density at radius 2 is 2.25 bits per heavy atom. The Morgan fingerprint density at radius 3 is 2.90 bits per heavy atom. The summed E-state index contributed by atoms with van der Waals surface area (Å²) < 4.78 is 13.7. The van der Waals surface area contributed by atoms with Crippen molar-refractivity contribution in [2.75, 3.05) is 13.1 Å². The van der Waals surface area contributed by atoms with Gasteiger partial charge in [0.15, 0.2) is 0 Å². The second-order valence-electron chi connectivity index (χ2n) is 5.60. The normalized spacial score (nSPS) is 21.9. The zero-order valence-electron chi connectivity index (χ0n) is 12.1. The summed E-state index contributed by atoms with van der Waals surface area (Å²) in [4.78, 5) is 2.47. The van der Waals surface area contributed by atoms with Crippen molar-refractivity contribution in [3.63, 3.8) is 0 Å². The lowest BCUT2D eigenvalue weighted by Gasteiger charge is -2.41. The zero-order chi connectivity index (χ0) is 14.5. The molecule has 0 radical (unpaired) electrons. The van der Waals surface area contributed by atoms with Gasteiger partial charge in [-0.15, -0.1) is 0 Å². The van der Waals surface area contributed by atoms with Crippen LogP contribution < -0.4 is 5.73 Å². The second kappa shape index (κ2) is 7.39. The van der Waals surface area contributed by atoms with Gasteiger partial charge in [0.1, 0.15) is 5.82 Å². The number of piperidine rings is 1. The van der Waals surface area contributed by atoms with Gasteiger partial charge in [-0.3, -0.25) is 4.90 Å². The summed E-state index contributed by atoms with van der Waals surface area (Å²) >= 11 is 5.77. The predicted octanol–water partition coefficient (Wildman–Crippen LogP) is 4.13. The van der Waals surface area contributed by atoms with Crippen LogP contribution in [0, 0.1) is 5.82 Å². The molecule has 0 bridgehead atoms. The van der Waals surface area contributed by atoms with E-state index in [1.165, 1.54) is 38.2 Å². The summed E-state index contributed by atoms with van der Waals surface area (Å²) in [5, 5.41) is 0.174. The molecule has 1 heterocycles. The quantitative estimate of drug-likeness (QED) is 0.885. The molecule has 1 aromatic rings. The Morgan fingerprint density at radius 1 is 1.45 bits per heavy atom. The smallest absolute Gasteiger partial charge is 0.142 e. The monoisotopic (exact) mass is 298 g/mol. The van der Waals surface area contributed by atoms with E-state index in [4.69, 9.17) is 17.3 Å². The molecular weight excluding hydrogens is 275 g/mol. The van der Waals surface area contributed by atoms with E-state index in [0.29, 0.717) is 12.6 Å². The molecule has 2 unspecified atom stereocenters. The van der Waals surface area contributed by atoms with Gasteiger partial charge in [-0.05, 0) is 43.5 Å². The van der Waals surface area contributed by atoms with E-state index in [1.54, 1.807) is 6.07 Å². The van der Waals surface area contributed by atoms with Crippen LogP contribution in [0.5, 0.6) is 0 Å². The first-order valence-electron chi connectivity index (χ1n) is 7.58. The van der Waals surface area contributed by atoms with Gasteiger partial charge in [-0.25, -0.2) is 4.39 Å². The van der Waals surface area contributed by atoms with Crippen molar-refractivity contribution in [3.8, 4) is 0 Å². The summed E-state index contributed by atoms with van der Waals surface area (Å²) in [7, 11) is 0. The third kappa shape index (κ3) is 3.51. The van der Waals surface area contributed by atoms with E-state index < -0.39 is 0 Å². The van der Waals surface area contributed by atoms with Crippen molar-refractivity contribution >= 4 is 11.6 Å². The third-order valence-corrected chi connectivity index (χ3v) is 4.55. The van der Waals surface area contributed by atoms with Gasteiger partial charge in [0.2, 0.25) is 0 Å². The molecule has 0 saturated carbocycles. The second-order valence-corrected chi connectivity index (χ2v) is 6.01. The number of hydrogen-bond acceptors (Lipinski definition) is 2. The number of nitrogens with zero attached hydrogens (tertiary/aromatic N) is 1. The van der Waals surface area contributed by atoms with E-state index in [0.717, 1.165) is 12.1 Å². The molecule has 1 aliphatic heterocycles. The van der Waals surface area contributed by atoms with E-state index in [1.807, 2.05) is 6.07 Å². The highest BCUT2D eigenvalue weighted by atomic mass is 35.5. The number of halogens is 2. The van der Waals surface area contributed by atoms with E-state index in [9.17, 15) is 4.39 Å². The summed E-state index contributed by atoms with van der Waals surface area (Å²) in [5.41, 5.74) is 6.93. The maximum Gasteiger partial charge on any atom is 0.142 e. The molecule has 1 aliphatic rings. The lowest BCUT2D eigenvalue weighted by atomic mass is 9.93. The Bertz CT molecular complexity index is 436. The van der Waals surface area contributed by atoms with Crippen LogP contribution >= 0.6 is 11.6 Å². The Hall–Kier alpha value is -0.640. The number of benzene rings is 1. The standard InChI is InChI=1S/C16H24ClFN2/c1-2-5-13-6-3-4-9-20(13)16(11-19)12-7-8-14(17)15(18)10-12/h7-8,10,13,16H,2-6,9,11,19H2,1H3. The molecule has 2 atom stereocenters. The van der Waals surface area contributed by atoms with Crippen LogP contribution in [0.25, 0.3) is 0 Å². The summed E-state index contributed by atoms with van der Waals surface area (Å²) in [6.45, 7) is 3.78. The minimum absolute atomic E-state index is 0.0959. The number of nitrogens with two attached hydrogens (primary N) is 1. The third-order valence-electron chi connectivity index (χ3n) is 4.25. The van der Waals surface area contributed by atoms with Gasteiger partial charge < -0.3 is 5.73 Å². The van der Waals surface area contributed by atoms with Gasteiger partial charge in [0.25, 0.3) is 0 Å². The molecule has 1 fully saturated rings. The highest BCUT2D eigenvalue weighted by Crippen LogP contribution is 2.31. The van der Waals surface area contributed by atoms with Crippen molar-refractivity contribution in [2.45, 2.75) is 51.1 Å². The SMILES string of the molecule is CCCC1CCCCN1C(CN)c1ccc(Cl)c(F)c1. The minimum Gasteiger partial charge on any atom is -0.329 e. The summed E-state index contributed by atoms with van der Waals surface area (Å²) in [6.07, 6.45) is 6.07. The van der Waals surface area contributed by atoms with Crippen LogP contribution in [0.3, 0.4) is 0 Å². The van der Waals surface area contributed by atoms with Gasteiger partial charge in [-0.2, -0.15) is 0 Å². The van der Waals surface area contributed by atoms with Crippen molar-refractivity contribution in [1.29, 1.82) is 0 Å². The largest absolute Gasteiger partial charge is 0.329 e. The first-order valence-corrected chi connectivity index (χ1v) is 7.96. The van der Waals surface area contributed by atoms with Gasteiger partial charge >= 0.3 is 0 Å². The molecule has 20 heavy (non-hydrogen) atoms. The fourth-order valence-electron chi connectivity index (χ4n) is 3.26. The van der Waals surface area contributed by atoms with Crippen LogP contribution in [-0.2, 0) is 0 Å². The molecule has 2 rings (SSSR count). The van der Waals surface area contributed by atoms with E-state index >= 15 is 0 Å². The lowest BCUT2D eigenvalue weighted by molar-refractivity contribution is 0.0911. The van der Waals surface area contributed by atoms with Crippen molar-refractivity contribution < 1.29 is 4.39 Å². The van der Waals surface area contributed by atoms with Crippen molar-refractivity contribution in [3.05, 3.63) is 34.6 Å². The van der Waals surface area contributed by atoms with Gasteiger partial charge in [0, 0.05) is 18.6 Å². The minimum atomic E-state index is -0.355. The average molecular weight is 299 g/mol. The van der Waals surface area contributed by atoms with Crippen LogP contribution in [0.1, 0.15) is 50.6 Å². The Labute approximate surface area is 126 Å². The van der Waals surface area contributed by atoms with Crippen LogP contribution in [0.15, 0.2) is 18.2 Å². The molecule has 1 aromatic carbocycles. The van der Waals surface area contributed by atoms with Crippen LogP contribution in [-0.4, -0.2) is 24.0 Å². The summed E-state index contributed by atoms with van der Waals surface area (Å²) in [6, 6.07) is 5.74. The van der Waals surface area contributed by atoms with Crippen molar-refractivity contribution in [2.24, 2.45) is 5.73 Å². The molecule has 0 amide bonds. The van der Waals surface area contributed by atoms with E-state index in [-0.39, 0.29) is 16.9 Å². The maximum atomic E-state index is 13.7. The molecule has 1 saturated heterocycles. The topological polar surface area (TPSA) is 29.3 Å². The van der Waals surface area contributed by atoms with Gasteiger partial charge in [-0.1, -0.05) is 37.4 Å². The number of rotatable bonds is 5. The highest BCUT2D eigenvalue weighted by Gasteiger charge is 2.28. The molecule has 0 spiro atoms. The molecule has 4 heteroatoms. The molecular formula is C16H24ClFN2. The highest BCUT2D eigenvalue weighted by molar-refractivity contribution is 6.30. The number of hydrogen-bond donors (Lipinski definition) is 1. The Balaban J connectivity index is 2.22. The average Bonchev–Trinajstić information content (AvgIpc) is 2.45. The first-order chi connectivity index (χ1) is 9.67. The first kappa shape index (κ1) is 15.7. The molecule has 112 valence electrons. The molecule has 0 aromatic heterocycles. The molecule has 2 nitrogen and oxygen atoms in total. The fourth-order valence-corrected chi connectivity index (χ4v) is 3.38. The van der Waals surface area contributed by atoms with E-state index in [2.05, 4.69) is 11.8 Å². The van der Waals surface area contributed by atoms with Crippen LogP contribution in [0.2, 0.25) is 5.02 Å². The fraction of sp³-hybridized carbons (Fsp3) is 0.625. The van der Waals surface area contributed by atoms with Crippen molar-refractivity contribution in [1.82, 2.24) is 4.90 Å². The molecule has 0 aliphatic carbocycles. The molecule has 2 N–H and O–H groups in total. The predicted molar refractivity (Wildman–Crippen MR) is 82.5 cm³/mol. The van der Waals surface area contributed by atoms with Crippen LogP contribution in [0.4, 0.5) is 4.39 Å². The number of likely N-dealkylation sites (tertiary alicyclic amines) is 1. The summed E-state index contributed by atoms with van der Waals surface area (Å²) in [5.74, 6) is -0.355. The Kier molecular flexibility index (Phi) is 5.82. The zero-order valence-corrected chi connectivity index (χ0v) is 12.9. The maximum absolute atomic E-state index is 13.7.